The van der Waals surface area contributed by atoms with Gasteiger partial charge >= 0.3 is 0 Å². The van der Waals surface area contributed by atoms with Crippen molar-refractivity contribution in [2.75, 3.05) is 0 Å². The zero-order chi connectivity index (χ0) is 14.7. The monoisotopic (exact) mass is 330 g/mol. The van der Waals surface area contributed by atoms with Gasteiger partial charge in [0.05, 0.1) is 21.1 Å². The molecule has 1 heterocycles. The van der Waals surface area contributed by atoms with E-state index < -0.39 is 0 Å². The topological polar surface area (TPSA) is 20.7 Å². The van der Waals surface area contributed by atoms with Crippen LogP contribution in [0.5, 0.6) is 0 Å². The normalized spacial score (nSPS) is 13.0. The molecule has 0 radical (unpaired) electrons. The Kier molecular flexibility index (Phi) is 5.53. The Morgan fingerprint density at radius 3 is 2.60 bits per heavy atom. The number of H-pyrrole nitrogens is 1. The molecule has 1 aromatic heterocycles. The van der Waals surface area contributed by atoms with Crippen molar-refractivity contribution in [3.8, 4) is 0 Å². The molecule has 2 aromatic rings. The molecule has 0 spiro atoms. The van der Waals surface area contributed by atoms with Crippen LogP contribution in [0, 0.1) is 4.77 Å². The Labute approximate surface area is 135 Å². The van der Waals surface area contributed by atoms with Gasteiger partial charge in [0.25, 0.3) is 0 Å². The van der Waals surface area contributed by atoms with Gasteiger partial charge in [-0.25, -0.2) is 0 Å². The standard InChI is InChI=1S/C15H20Cl2N2S/c1-3-4-5-6-7-10(2)19-14-9-12(17)11(16)8-13(14)18-15(19)20/h8-10H,3-7H2,1-2H3,(H,18,20). The van der Waals surface area contributed by atoms with E-state index in [0.29, 0.717) is 16.1 Å². The number of nitrogens with one attached hydrogen (secondary N) is 1. The molecule has 1 atom stereocenters. The highest BCUT2D eigenvalue weighted by Crippen LogP contribution is 2.30. The molecule has 0 fully saturated rings. The first kappa shape index (κ1) is 15.9. The van der Waals surface area contributed by atoms with Crippen LogP contribution in [0.15, 0.2) is 12.1 Å². The van der Waals surface area contributed by atoms with E-state index in [9.17, 15) is 0 Å². The maximum absolute atomic E-state index is 6.13. The Morgan fingerprint density at radius 2 is 1.90 bits per heavy atom. The second-order valence-electron chi connectivity index (χ2n) is 5.28. The molecule has 110 valence electrons. The number of nitrogens with zero attached hydrogens (tertiary/aromatic N) is 1. The van der Waals surface area contributed by atoms with Gasteiger partial charge in [0.2, 0.25) is 0 Å². The van der Waals surface area contributed by atoms with E-state index in [1.54, 1.807) is 0 Å². The van der Waals surface area contributed by atoms with Crippen molar-refractivity contribution in [3.63, 3.8) is 0 Å². The van der Waals surface area contributed by atoms with Crippen LogP contribution in [0.4, 0.5) is 0 Å². The average Bonchev–Trinajstić information content (AvgIpc) is 2.70. The fourth-order valence-electron chi connectivity index (χ4n) is 2.55. The van der Waals surface area contributed by atoms with Gasteiger partial charge in [0.1, 0.15) is 0 Å². The molecule has 0 saturated heterocycles. The summed E-state index contributed by atoms with van der Waals surface area (Å²) in [6.07, 6.45) is 6.19. The third kappa shape index (κ3) is 3.38. The fourth-order valence-corrected chi connectivity index (χ4v) is 3.26. The van der Waals surface area contributed by atoms with Crippen molar-refractivity contribution in [1.29, 1.82) is 0 Å². The van der Waals surface area contributed by atoms with Crippen molar-refractivity contribution in [2.24, 2.45) is 0 Å². The number of hydrogen-bond acceptors (Lipinski definition) is 1. The Balaban J connectivity index is 2.26. The first-order valence-corrected chi connectivity index (χ1v) is 8.30. The van der Waals surface area contributed by atoms with E-state index in [1.807, 2.05) is 12.1 Å². The van der Waals surface area contributed by atoms with E-state index in [4.69, 9.17) is 35.4 Å². The third-order valence-corrected chi connectivity index (χ3v) is 4.70. The minimum absolute atomic E-state index is 0.366. The van der Waals surface area contributed by atoms with Crippen molar-refractivity contribution in [3.05, 3.63) is 26.9 Å². The summed E-state index contributed by atoms with van der Waals surface area (Å²) in [5.41, 5.74) is 1.98. The number of rotatable bonds is 6. The van der Waals surface area contributed by atoms with Gasteiger partial charge in [-0.3, -0.25) is 0 Å². The van der Waals surface area contributed by atoms with Gasteiger partial charge < -0.3 is 9.55 Å². The van der Waals surface area contributed by atoms with Gasteiger partial charge in [-0.2, -0.15) is 0 Å². The summed E-state index contributed by atoms with van der Waals surface area (Å²) in [5, 5.41) is 1.12. The maximum atomic E-state index is 6.13. The van der Waals surface area contributed by atoms with Gasteiger partial charge in [-0.1, -0.05) is 55.8 Å². The number of fused-ring (bicyclic) bond motifs is 1. The second-order valence-corrected chi connectivity index (χ2v) is 6.48. The fraction of sp³-hybridized carbons (Fsp3) is 0.533. The summed E-state index contributed by atoms with van der Waals surface area (Å²) in [5.74, 6) is 0. The number of unbranched alkanes of at least 4 members (excludes halogenated alkanes) is 3. The lowest BCUT2D eigenvalue weighted by molar-refractivity contribution is 0.478. The van der Waals surface area contributed by atoms with E-state index >= 15 is 0 Å². The van der Waals surface area contributed by atoms with Crippen LogP contribution in [0.25, 0.3) is 11.0 Å². The van der Waals surface area contributed by atoms with Crippen molar-refractivity contribution >= 4 is 46.5 Å². The maximum Gasteiger partial charge on any atom is 0.178 e. The summed E-state index contributed by atoms with van der Waals surface area (Å²) >= 11 is 17.6. The number of benzene rings is 1. The van der Waals surface area contributed by atoms with Gasteiger partial charge in [0, 0.05) is 6.04 Å². The van der Waals surface area contributed by atoms with Crippen molar-refractivity contribution in [1.82, 2.24) is 9.55 Å². The Hall–Kier alpha value is -0.510. The van der Waals surface area contributed by atoms with Crippen LogP contribution in [0.2, 0.25) is 10.0 Å². The van der Waals surface area contributed by atoms with Crippen molar-refractivity contribution in [2.45, 2.75) is 52.0 Å². The SMILES string of the molecule is CCCCCCC(C)n1c(=S)[nH]c2cc(Cl)c(Cl)cc21. The molecule has 1 aromatic carbocycles. The van der Waals surface area contributed by atoms with Crippen LogP contribution in [-0.2, 0) is 0 Å². The summed E-state index contributed by atoms with van der Waals surface area (Å²) in [6, 6.07) is 4.11. The molecular weight excluding hydrogens is 311 g/mol. The smallest absolute Gasteiger partial charge is 0.178 e. The number of halogens is 2. The van der Waals surface area contributed by atoms with E-state index in [0.717, 1.165) is 22.2 Å². The molecule has 0 aliphatic carbocycles. The van der Waals surface area contributed by atoms with Crippen LogP contribution in [0.1, 0.15) is 52.0 Å². The molecule has 0 aliphatic heterocycles. The van der Waals surface area contributed by atoms with E-state index in [-0.39, 0.29) is 0 Å². The molecule has 0 amide bonds. The van der Waals surface area contributed by atoms with Crippen LogP contribution >= 0.6 is 35.4 Å². The minimum atomic E-state index is 0.366. The molecule has 1 N–H and O–H groups in total. The van der Waals surface area contributed by atoms with Crippen LogP contribution in [0.3, 0.4) is 0 Å². The molecule has 0 saturated carbocycles. The summed E-state index contributed by atoms with van der Waals surface area (Å²) in [6.45, 7) is 4.43. The lowest BCUT2D eigenvalue weighted by Gasteiger charge is -2.14. The molecule has 1 unspecified atom stereocenters. The molecule has 5 heteroatoms. The van der Waals surface area contributed by atoms with Crippen molar-refractivity contribution < 1.29 is 0 Å². The zero-order valence-electron chi connectivity index (χ0n) is 11.9. The highest BCUT2D eigenvalue weighted by Gasteiger charge is 2.13. The highest BCUT2D eigenvalue weighted by molar-refractivity contribution is 7.71. The summed E-state index contributed by atoms with van der Waals surface area (Å²) < 4.78 is 2.89. The molecule has 0 bridgehead atoms. The lowest BCUT2D eigenvalue weighted by atomic mass is 10.1. The van der Waals surface area contributed by atoms with Gasteiger partial charge in [-0.15, -0.1) is 0 Å². The highest BCUT2D eigenvalue weighted by atomic mass is 35.5. The average molecular weight is 331 g/mol. The van der Waals surface area contributed by atoms with E-state index in [2.05, 4.69) is 23.4 Å². The Bertz CT molecular complexity index is 645. The lowest BCUT2D eigenvalue weighted by Crippen LogP contribution is -2.05. The largest absolute Gasteiger partial charge is 0.331 e. The number of aromatic nitrogens is 2. The van der Waals surface area contributed by atoms with E-state index in [1.165, 1.54) is 25.7 Å². The molecule has 2 nitrogen and oxygen atoms in total. The summed E-state index contributed by atoms with van der Waals surface area (Å²) in [7, 11) is 0. The zero-order valence-corrected chi connectivity index (χ0v) is 14.2. The molecule has 20 heavy (non-hydrogen) atoms. The third-order valence-electron chi connectivity index (χ3n) is 3.67. The minimum Gasteiger partial charge on any atom is -0.331 e. The predicted molar refractivity (Wildman–Crippen MR) is 90.6 cm³/mol. The number of hydrogen-bond donors (Lipinski definition) is 1. The number of aromatic amines is 1. The van der Waals surface area contributed by atoms with Crippen LogP contribution < -0.4 is 0 Å². The molecule has 0 aliphatic rings. The van der Waals surface area contributed by atoms with Gasteiger partial charge in [0.15, 0.2) is 4.77 Å². The molecular formula is C15H20Cl2N2S. The van der Waals surface area contributed by atoms with Crippen LogP contribution in [-0.4, -0.2) is 9.55 Å². The predicted octanol–water partition coefficient (Wildman–Crippen LogP) is 6.54. The molecule has 2 rings (SSSR count). The Morgan fingerprint density at radius 1 is 1.20 bits per heavy atom. The summed E-state index contributed by atoms with van der Waals surface area (Å²) in [4.78, 5) is 3.21. The first-order valence-electron chi connectivity index (χ1n) is 7.13. The first-order chi connectivity index (χ1) is 9.54. The number of imidazole rings is 1. The second kappa shape index (κ2) is 6.97. The quantitative estimate of drug-likeness (QED) is 0.471. The van der Waals surface area contributed by atoms with Gasteiger partial charge in [-0.05, 0) is 37.7 Å².